The number of fused-ring (bicyclic) bond motifs is 1. The van der Waals surface area contributed by atoms with Crippen LogP contribution in [0.2, 0.25) is 0 Å². The molecule has 0 amide bonds. The third kappa shape index (κ3) is 3.90. The molecular formula is C15H22N5O7P. The van der Waals surface area contributed by atoms with E-state index in [1.807, 2.05) is 0 Å². The fraction of sp³-hybridized carbons (Fsp3) is 0.667. The Morgan fingerprint density at radius 2 is 2.11 bits per heavy atom. The van der Waals surface area contributed by atoms with Crippen LogP contribution in [0.4, 0.5) is 5.82 Å². The maximum atomic E-state index is 11.1. The molecule has 1 aliphatic heterocycles. The van der Waals surface area contributed by atoms with Crippen LogP contribution in [0, 0.1) is 0 Å². The number of imidazole rings is 1. The van der Waals surface area contributed by atoms with E-state index >= 15 is 0 Å². The van der Waals surface area contributed by atoms with Crippen molar-refractivity contribution in [2.75, 3.05) is 18.6 Å². The summed E-state index contributed by atoms with van der Waals surface area (Å²) < 4.78 is 22.6. The summed E-state index contributed by atoms with van der Waals surface area (Å²) in [6.07, 6.45) is 1.66. The lowest BCUT2D eigenvalue weighted by atomic mass is 9.93. The van der Waals surface area contributed by atoms with Gasteiger partial charge < -0.3 is 25.2 Å². The third-order valence-electron chi connectivity index (χ3n) is 4.84. The standard InChI is InChI=1S/C15H22N5O7P/c1-28(23,24)27-25-5-9-11(21)12(22)15(26-9)20-7-18-10-13(16-6-17-14(10)20)19-8-3-2-4-8/h6-9,11-12,15,21-22H,2-5H2,1H3,(H,23,24)(H,16,17,19)/t9-,11-,12-,15-/m1/s1. The summed E-state index contributed by atoms with van der Waals surface area (Å²) >= 11 is 0. The molecule has 2 fully saturated rings. The van der Waals surface area contributed by atoms with E-state index < -0.39 is 32.1 Å². The number of anilines is 1. The molecule has 13 heteroatoms. The Kier molecular flexibility index (Phi) is 5.36. The summed E-state index contributed by atoms with van der Waals surface area (Å²) in [4.78, 5) is 26.5. The minimum atomic E-state index is -3.83. The van der Waals surface area contributed by atoms with Crippen molar-refractivity contribution < 1.29 is 34.0 Å². The number of rotatable bonds is 7. The molecule has 2 aliphatic rings. The predicted octanol–water partition coefficient (Wildman–Crippen LogP) is 0.173. The molecule has 12 nitrogen and oxygen atoms in total. The molecule has 0 spiro atoms. The number of aliphatic hydroxyl groups is 2. The van der Waals surface area contributed by atoms with E-state index in [0.717, 1.165) is 19.5 Å². The number of hydrogen-bond donors (Lipinski definition) is 4. The monoisotopic (exact) mass is 415 g/mol. The van der Waals surface area contributed by atoms with Crippen molar-refractivity contribution in [3.63, 3.8) is 0 Å². The first-order valence-electron chi connectivity index (χ1n) is 8.90. The molecule has 1 aliphatic carbocycles. The second kappa shape index (κ2) is 7.64. The van der Waals surface area contributed by atoms with E-state index in [0.29, 0.717) is 23.0 Å². The first-order valence-corrected chi connectivity index (χ1v) is 10.9. The Bertz CT molecular complexity index is 885. The number of aliphatic hydroxyl groups excluding tert-OH is 2. The van der Waals surface area contributed by atoms with Gasteiger partial charge in [-0.3, -0.25) is 9.13 Å². The van der Waals surface area contributed by atoms with Crippen LogP contribution in [0.1, 0.15) is 25.5 Å². The number of nitrogens with zero attached hydrogens (tertiary/aromatic N) is 4. The van der Waals surface area contributed by atoms with Gasteiger partial charge in [0.05, 0.1) is 6.33 Å². The van der Waals surface area contributed by atoms with Gasteiger partial charge >= 0.3 is 7.60 Å². The van der Waals surface area contributed by atoms with Crippen LogP contribution >= 0.6 is 7.60 Å². The molecule has 1 saturated heterocycles. The van der Waals surface area contributed by atoms with Gasteiger partial charge in [-0.1, -0.05) is 0 Å². The van der Waals surface area contributed by atoms with Gasteiger partial charge in [-0.05, 0) is 19.3 Å². The number of nitrogens with one attached hydrogen (secondary N) is 1. The Morgan fingerprint density at radius 1 is 1.32 bits per heavy atom. The van der Waals surface area contributed by atoms with Crippen LogP contribution < -0.4 is 5.32 Å². The fourth-order valence-electron chi connectivity index (χ4n) is 3.18. The van der Waals surface area contributed by atoms with E-state index in [9.17, 15) is 14.8 Å². The highest BCUT2D eigenvalue weighted by atomic mass is 31.2. The van der Waals surface area contributed by atoms with Crippen LogP contribution in [0.25, 0.3) is 11.2 Å². The Morgan fingerprint density at radius 3 is 2.79 bits per heavy atom. The Labute approximate surface area is 159 Å². The Hall–Kier alpha value is -1.66. The Balaban J connectivity index is 1.51. The van der Waals surface area contributed by atoms with Crippen LogP contribution in [0.3, 0.4) is 0 Å². The topological polar surface area (TPSA) is 161 Å². The summed E-state index contributed by atoms with van der Waals surface area (Å²) in [6.45, 7) is 0.617. The quantitative estimate of drug-likeness (QED) is 0.277. The van der Waals surface area contributed by atoms with Gasteiger partial charge in [0.2, 0.25) is 0 Å². The van der Waals surface area contributed by atoms with Crippen LogP contribution in [0.15, 0.2) is 12.7 Å². The molecule has 4 N–H and O–H groups in total. The number of aromatic nitrogens is 4. The normalized spacial score (nSPS) is 30.3. The second-order valence-electron chi connectivity index (χ2n) is 7.03. The van der Waals surface area contributed by atoms with Gasteiger partial charge in [0.1, 0.15) is 31.2 Å². The van der Waals surface area contributed by atoms with Crippen molar-refractivity contribution in [1.29, 1.82) is 0 Å². The van der Waals surface area contributed by atoms with E-state index in [2.05, 4.69) is 29.8 Å². The van der Waals surface area contributed by atoms with Gasteiger partial charge in [0.15, 0.2) is 23.2 Å². The van der Waals surface area contributed by atoms with Gasteiger partial charge in [0.25, 0.3) is 0 Å². The van der Waals surface area contributed by atoms with Gasteiger partial charge in [-0.25, -0.2) is 19.8 Å². The lowest BCUT2D eigenvalue weighted by Crippen LogP contribution is -2.33. The van der Waals surface area contributed by atoms with Crippen molar-refractivity contribution in [2.45, 2.75) is 49.8 Å². The van der Waals surface area contributed by atoms with Crippen molar-refractivity contribution >= 4 is 24.6 Å². The van der Waals surface area contributed by atoms with Gasteiger partial charge in [-0.2, -0.15) is 0 Å². The summed E-state index contributed by atoms with van der Waals surface area (Å²) in [5, 5.41) is 23.9. The molecule has 3 heterocycles. The van der Waals surface area contributed by atoms with Crippen molar-refractivity contribution in [3.05, 3.63) is 12.7 Å². The van der Waals surface area contributed by atoms with Crippen molar-refractivity contribution in [2.24, 2.45) is 0 Å². The number of ether oxygens (including phenoxy) is 1. The van der Waals surface area contributed by atoms with E-state index in [1.165, 1.54) is 23.6 Å². The van der Waals surface area contributed by atoms with Crippen LogP contribution in [0.5, 0.6) is 0 Å². The highest BCUT2D eigenvalue weighted by Gasteiger charge is 2.45. The van der Waals surface area contributed by atoms with Crippen molar-refractivity contribution in [3.8, 4) is 0 Å². The molecule has 0 aromatic carbocycles. The van der Waals surface area contributed by atoms with Gasteiger partial charge in [0, 0.05) is 12.7 Å². The highest BCUT2D eigenvalue weighted by Crippen LogP contribution is 2.38. The average Bonchev–Trinajstić information content (AvgIpc) is 3.14. The SMILES string of the molecule is CP(=O)(O)OOC[C@H]1O[C@@H](n2cnc3c(NC4CCC4)ncnc32)[C@H](O)[C@@H]1O. The first-order chi connectivity index (χ1) is 13.3. The molecular weight excluding hydrogens is 393 g/mol. The van der Waals surface area contributed by atoms with E-state index in [-0.39, 0.29) is 6.61 Å². The number of hydrogen-bond acceptors (Lipinski definition) is 10. The van der Waals surface area contributed by atoms with Crippen molar-refractivity contribution in [1.82, 2.24) is 19.5 Å². The fourth-order valence-corrected chi connectivity index (χ4v) is 3.44. The molecule has 154 valence electrons. The molecule has 4 rings (SSSR count). The largest absolute Gasteiger partial charge is 0.387 e. The maximum Gasteiger partial charge on any atom is 0.352 e. The van der Waals surface area contributed by atoms with E-state index in [4.69, 9.17) is 9.63 Å². The molecule has 1 unspecified atom stereocenters. The third-order valence-corrected chi connectivity index (χ3v) is 5.22. The molecule has 2 aromatic rings. The zero-order valence-electron chi connectivity index (χ0n) is 15.1. The summed E-state index contributed by atoms with van der Waals surface area (Å²) in [5.41, 5.74) is 0.981. The molecule has 5 atom stereocenters. The highest BCUT2D eigenvalue weighted by molar-refractivity contribution is 7.51. The lowest BCUT2D eigenvalue weighted by molar-refractivity contribution is -0.238. The van der Waals surface area contributed by atoms with Crippen LogP contribution in [-0.2, 0) is 18.9 Å². The predicted molar refractivity (Wildman–Crippen MR) is 95.3 cm³/mol. The summed E-state index contributed by atoms with van der Waals surface area (Å²) in [7, 11) is -3.83. The molecule has 0 radical (unpaired) electrons. The minimum absolute atomic E-state index is 0.344. The summed E-state index contributed by atoms with van der Waals surface area (Å²) in [5.74, 6) is 0.608. The average molecular weight is 415 g/mol. The lowest BCUT2D eigenvalue weighted by Gasteiger charge is -2.26. The zero-order valence-corrected chi connectivity index (χ0v) is 16.0. The smallest absolute Gasteiger partial charge is 0.352 e. The van der Waals surface area contributed by atoms with Crippen LogP contribution in [-0.4, -0.2) is 72.3 Å². The molecule has 28 heavy (non-hydrogen) atoms. The molecule has 0 bridgehead atoms. The molecule has 2 aromatic heterocycles. The second-order valence-corrected chi connectivity index (χ2v) is 8.78. The molecule has 1 saturated carbocycles. The zero-order chi connectivity index (χ0) is 19.9. The van der Waals surface area contributed by atoms with E-state index in [1.54, 1.807) is 0 Å². The minimum Gasteiger partial charge on any atom is -0.387 e. The maximum absolute atomic E-state index is 11.1. The summed E-state index contributed by atoms with van der Waals surface area (Å²) in [6, 6.07) is 0.362. The van der Waals surface area contributed by atoms with Gasteiger partial charge in [-0.15, -0.1) is 4.67 Å². The first kappa shape index (κ1) is 19.6.